The second-order valence-electron chi connectivity index (χ2n) is 5.99. The number of thiazole rings is 1. The van der Waals surface area contributed by atoms with Gasteiger partial charge in [0.1, 0.15) is 5.75 Å². The molecule has 0 aliphatic carbocycles. The van der Waals surface area contributed by atoms with Crippen molar-refractivity contribution in [1.82, 2.24) is 9.88 Å². The third-order valence-electron chi connectivity index (χ3n) is 4.51. The highest BCUT2D eigenvalue weighted by Crippen LogP contribution is 2.32. The summed E-state index contributed by atoms with van der Waals surface area (Å²) in [5, 5.41) is 1.23. The third kappa shape index (κ3) is 3.39. The van der Waals surface area contributed by atoms with Crippen molar-refractivity contribution in [2.75, 3.05) is 20.2 Å². The molecule has 122 valence electrons. The number of ether oxygens (including phenoxy) is 1. The predicted molar refractivity (Wildman–Crippen MR) is 92.5 cm³/mol. The Bertz CT molecular complexity index is 666. The molecule has 0 spiro atoms. The number of nitrogens with zero attached hydrogens (tertiary/aromatic N) is 2. The Balaban J connectivity index is 1.62. The smallest absolute Gasteiger partial charge is 0.253 e. The highest BCUT2D eigenvalue weighted by Gasteiger charge is 2.26. The molecule has 1 aliphatic heterocycles. The van der Waals surface area contributed by atoms with Crippen molar-refractivity contribution in [2.45, 2.75) is 32.6 Å². The molecule has 1 fully saturated rings. The largest absolute Gasteiger partial charge is 0.497 e. The molecule has 0 radical (unpaired) electrons. The maximum Gasteiger partial charge on any atom is 0.253 e. The van der Waals surface area contributed by atoms with Gasteiger partial charge in [0.25, 0.3) is 5.91 Å². The summed E-state index contributed by atoms with van der Waals surface area (Å²) in [6.07, 6.45) is 1.99. The minimum absolute atomic E-state index is 0.109. The van der Waals surface area contributed by atoms with E-state index < -0.39 is 0 Å². The van der Waals surface area contributed by atoms with Gasteiger partial charge in [-0.25, -0.2) is 4.98 Å². The van der Waals surface area contributed by atoms with Gasteiger partial charge in [-0.15, -0.1) is 11.3 Å². The Morgan fingerprint density at radius 2 is 1.87 bits per heavy atom. The van der Waals surface area contributed by atoms with Crippen molar-refractivity contribution in [1.29, 1.82) is 0 Å². The maximum absolute atomic E-state index is 12.6. The number of piperidine rings is 1. The number of likely N-dealkylation sites (tertiary alicyclic amines) is 1. The lowest BCUT2D eigenvalue weighted by molar-refractivity contribution is 0.0713. The van der Waals surface area contributed by atoms with E-state index in [-0.39, 0.29) is 5.91 Å². The number of amides is 1. The van der Waals surface area contributed by atoms with E-state index in [1.165, 1.54) is 9.88 Å². The number of hydrogen-bond acceptors (Lipinski definition) is 4. The number of benzene rings is 1. The molecule has 4 nitrogen and oxygen atoms in total. The number of aromatic nitrogens is 1. The van der Waals surface area contributed by atoms with Crippen LogP contribution in [0.3, 0.4) is 0 Å². The number of hydrogen-bond donors (Lipinski definition) is 0. The van der Waals surface area contributed by atoms with Crippen LogP contribution in [0.2, 0.25) is 0 Å². The Morgan fingerprint density at radius 1 is 1.22 bits per heavy atom. The van der Waals surface area contributed by atoms with E-state index in [4.69, 9.17) is 4.74 Å². The molecule has 0 bridgehead atoms. The van der Waals surface area contributed by atoms with Crippen LogP contribution in [-0.2, 0) is 0 Å². The Kier molecular flexibility index (Phi) is 4.66. The Labute approximate surface area is 141 Å². The number of rotatable bonds is 3. The number of methoxy groups -OCH3 is 1. The zero-order valence-electron chi connectivity index (χ0n) is 13.8. The molecule has 5 heteroatoms. The van der Waals surface area contributed by atoms with Gasteiger partial charge in [-0.05, 0) is 51.0 Å². The molecule has 0 saturated carbocycles. The first-order valence-corrected chi connectivity index (χ1v) is 8.77. The SMILES string of the molecule is COc1ccc(C(=O)N2CCC(c3nc(C)c(C)s3)CC2)cc1. The molecule has 0 N–H and O–H groups in total. The highest BCUT2D eigenvalue weighted by molar-refractivity contribution is 7.11. The van der Waals surface area contributed by atoms with Crippen molar-refractivity contribution < 1.29 is 9.53 Å². The summed E-state index contributed by atoms with van der Waals surface area (Å²) in [6, 6.07) is 7.34. The van der Waals surface area contributed by atoms with E-state index in [1.54, 1.807) is 18.4 Å². The van der Waals surface area contributed by atoms with Gasteiger partial charge in [0.15, 0.2) is 0 Å². The van der Waals surface area contributed by atoms with Crippen LogP contribution in [0.25, 0.3) is 0 Å². The van der Waals surface area contributed by atoms with Crippen molar-refractivity contribution in [3.05, 3.63) is 45.4 Å². The van der Waals surface area contributed by atoms with Crippen LogP contribution in [0.1, 0.15) is 44.7 Å². The third-order valence-corrected chi connectivity index (χ3v) is 5.75. The van der Waals surface area contributed by atoms with Gasteiger partial charge in [-0.1, -0.05) is 0 Å². The molecule has 1 aromatic heterocycles. The molecule has 1 aliphatic rings. The van der Waals surface area contributed by atoms with E-state index in [9.17, 15) is 4.79 Å². The summed E-state index contributed by atoms with van der Waals surface area (Å²) >= 11 is 1.80. The summed E-state index contributed by atoms with van der Waals surface area (Å²) in [6.45, 7) is 5.79. The van der Waals surface area contributed by atoms with Crippen LogP contribution in [-0.4, -0.2) is 36.0 Å². The Morgan fingerprint density at radius 3 is 2.39 bits per heavy atom. The van der Waals surface area contributed by atoms with Crippen LogP contribution in [0.5, 0.6) is 5.75 Å². The monoisotopic (exact) mass is 330 g/mol. The molecule has 2 aromatic rings. The predicted octanol–water partition coefficient (Wildman–Crippen LogP) is 3.79. The van der Waals surface area contributed by atoms with Crippen molar-refractivity contribution >= 4 is 17.2 Å². The molecule has 1 amide bonds. The first-order chi connectivity index (χ1) is 11.1. The minimum Gasteiger partial charge on any atom is -0.497 e. The normalized spacial score (nSPS) is 15.7. The molecule has 0 unspecified atom stereocenters. The summed E-state index contributed by atoms with van der Waals surface area (Å²) in [5.74, 6) is 1.37. The molecule has 1 aromatic carbocycles. The fourth-order valence-electron chi connectivity index (χ4n) is 2.92. The average Bonchev–Trinajstić information content (AvgIpc) is 2.93. The van der Waals surface area contributed by atoms with Gasteiger partial charge in [0.2, 0.25) is 0 Å². The molecular formula is C18H22N2O2S. The van der Waals surface area contributed by atoms with E-state index in [0.29, 0.717) is 5.92 Å². The molecule has 1 saturated heterocycles. The van der Waals surface area contributed by atoms with Crippen molar-refractivity contribution in [2.24, 2.45) is 0 Å². The van der Waals surface area contributed by atoms with Gasteiger partial charge in [0, 0.05) is 29.4 Å². The maximum atomic E-state index is 12.6. The lowest BCUT2D eigenvalue weighted by atomic mass is 9.97. The summed E-state index contributed by atoms with van der Waals surface area (Å²) in [4.78, 5) is 20.5. The zero-order valence-corrected chi connectivity index (χ0v) is 14.7. The van der Waals surface area contributed by atoms with Crippen molar-refractivity contribution in [3.63, 3.8) is 0 Å². The zero-order chi connectivity index (χ0) is 16.4. The summed E-state index contributed by atoms with van der Waals surface area (Å²) < 4.78 is 5.14. The van der Waals surface area contributed by atoms with Crippen LogP contribution in [0.15, 0.2) is 24.3 Å². The highest BCUT2D eigenvalue weighted by atomic mass is 32.1. The van der Waals surface area contributed by atoms with Gasteiger partial charge in [-0.3, -0.25) is 4.79 Å². The van der Waals surface area contributed by atoms with Crippen LogP contribution >= 0.6 is 11.3 Å². The summed E-state index contributed by atoms with van der Waals surface area (Å²) in [5.41, 5.74) is 1.87. The molecule has 2 heterocycles. The minimum atomic E-state index is 0.109. The number of carbonyl (C=O) groups excluding carboxylic acids is 1. The molecular weight excluding hydrogens is 308 g/mol. The first kappa shape index (κ1) is 16.0. The lowest BCUT2D eigenvalue weighted by Crippen LogP contribution is -2.37. The Hall–Kier alpha value is -1.88. The van der Waals surface area contributed by atoms with E-state index in [0.717, 1.165) is 42.9 Å². The molecule has 23 heavy (non-hydrogen) atoms. The fourth-order valence-corrected chi connectivity index (χ4v) is 4.01. The van der Waals surface area contributed by atoms with Gasteiger partial charge in [0.05, 0.1) is 17.8 Å². The average molecular weight is 330 g/mol. The summed E-state index contributed by atoms with van der Waals surface area (Å²) in [7, 11) is 1.63. The first-order valence-electron chi connectivity index (χ1n) is 7.95. The van der Waals surface area contributed by atoms with Crippen LogP contribution in [0.4, 0.5) is 0 Å². The van der Waals surface area contributed by atoms with E-state index in [2.05, 4.69) is 18.8 Å². The van der Waals surface area contributed by atoms with Crippen LogP contribution in [0, 0.1) is 13.8 Å². The quantitative estimate of drug-likeness (QED) is 0.860. The topological polar surface area (TPSA) is 42.4 Å². The van der Waals surface area contributed by atoms with Gasteiger partial charge >= 0.3 is 0 Å². The van der Waals surface area contributed by atoms with E-state index >= 15 is 0 Å². The lowest BCUT2D eigenvalue weighted by Gasteiger charge is -2.31. The second kappa shape index (κ2) is 6.71. The van der Waals surface area contributed by atoms with Gasteiger partial charge < -0.3 is 9.64 Å². The fraction of sp³-hybridized carbons (Fsp3) is 0.444. The second-order valence-corrected chi connectivity index (χ2v) is 7.22. The van der Waals surface area contributed by atoms with Crippen molar-refractivity contribution in [3.8, 4) is 5.75 Å². The van der Waals surface area contributed by atoms with Crippen LogP contribution < -0.4 is 4.74 Å². The number of aryl methyl sites for hydroxylation is 2. The number of carbonyl (C=O) groups is 1. The molecule has 3 rings (SSSR count). The standard InChI is InChI=1S/C18H22N2O2S/c1-12-13(2)23-17(19-12)14-8-10-20(11-9-14)18(21)15-4-6-16(22-3)7-5-15/h4-7,14H,8-11H2,1-3H3. The van der Waals surface area contributed by atoms with E-state index in [1.807, 2.05) is 29.2 Å². The molecule has 0 atom stereocenters. The van der Waals surface area contributed by atoms with Gasteiger partial charge in [-0.2, -0.15) is 0 Å².